The molecule has 1 saturated heterocycles. The number of rotatable bonds is 2. The molecule has 0 bridgehead atoms. The smallest absolute Gasteiger partial charge is 0.416 e. The number of amidine groups is 1. The van der Waals surface area contributed by atoms with Crippen molar-refractivity contribution in [1.82, 2.24) is 10.7 Å². The standard InChI is InChI=1S/C19H17F3N4O2/c1-11-8-13(6-7-28-11)26-17-14(10-23-26)18(27)25-16(24-17)9-12-4-2-3-5-15(12)19(20,21)22/h2-5,10,17H,1,6-9H2,(H-,23,24,25,27)/p+1/b26-13-. The summed E-state index contributed by atoms with van der Waals surface area (Å²) < 4.78 is 46.9. The van der Waals surface area contributed by atoms with Crippen LogP contribution in [0.5, 0.6) is 0 Å². The van der Waals surface area contributed by atoms with Crippen molar-refractivity contribution in [3.8, 4) is 0 Å². The second-order valence-electron chi connectivity index (χ2n) is 6.71. The Morgan fingerprint density at radius 2 is 2.11 bits per heavy atom. The second kappa shape index (κ2) is 6.81. The highest BCUT2D eigenvalue weighted by atomic mass is 19.4. The summed E-state index contributed by atoms with van der Waals surface area (Å²) in [6.07, 6.45) is -2.50. The van der Waals surface area contributed by atoms with Gasteiger partial charge in [0.05, 0.1) is 37.0 Å². The number of nitrogens with one attached hydrogen (secondary N) is 2. The second-order valence-corrected chi connectivity index (χ2v) is 6.71. The van der Waals surface area contributed by atoms with E-state index in [0.29, 0.717) is 30.8 Å². The summed E-state index contributed by atoms with van der Waals surface area (Å²) in [4.78, 5) is 17.0. The minimum absolute atomic E-state index is 0.0612. The van der Waals surface area contributed by atoms with Crippen molar-refractivity contribution in [2.45, 2.75) is 31.6 Å². The number of allylic oxidation sites excluding steroid dienone is 1. The molecule has 6 nitrogen and oxygen atoms in total. The van der Waals surface area contributed by atoms with Gasteiger partial charge in [-0.2, -0.15) is 23.6 Å². The molecule has 3 aliphatic rings. The topological polar surface area (TPSA) is 65.7 Å². The van der Waals surface area contributed by atoms with E-state index in [-0.39, 0.29) is 23.7 Å². The molecule has 0 aliphatic carbocycles. The Hall–Kier alpha value is -3.10. The summed E-state index contributed by atoms with van der Waals surface area (Å²) in [7, 11) is 0. The van der Waals surface area contributed by atoms with Gasteiger partial charge >= 0.3 is 12.3 Å². The Morgan fingerprint density at radius 1 is 1.32 bits per heavy atom. The summed E-state index contributed by atoms with van der Waals surface area (Å²) in [6, 6.07) is 5.29. The molecule has 4 rings (SSSR count). The number of aliphatic imine (C=N–C) groups is 1. The number of ether oxygens (including phenoxy) is 1. The normalized spacial score (nSPS) is 24.6. The Labute approximate surface area is 159 Å². The fourth-order valence-corrected chi connectivity index (χ4v) is 3.49. The molecular formula is C19H18F3N4O2+. The van der Waals surface area contributed by atoms with Gasteiger partial charge in [-0.3, -0.25) is 4.79 Å². The molecule has 9 heteroatoms. The number of hydrogen-bond acceptors (Lipinski definition) is 4. The van der Waals surface area contributed by atoms with Crippen molar-refractivity contribution in [2.24, 2.45) is 4.99 Å². The lowest BCUT2D eigenvalue weighted by Crippen LogP contribution is -2.45. The fraction of sp³-hybridized carbons (Fsp3) is 0.316. The van der Waals surface area contributed by atoms with Gasteiger partial charge in [0.2, 0.25) is 0 Å². The van der Waals surface area contributed by atoms with Crippen LogP contribution in [0.1, 0.15) is 24.0 Å². The maximum atomic E-state index is 13.3. The molecule has 1 aromatic carbocycles. The van der Waals surface area contributed by atoms with Crippen molar-refractivity contribution in [2.75, 3.05) is 6.61 Å². The molecule has 3 aliphatic heterocycles. The maximum Gasteiger partial charge on any atom is 0.416 e. The molecule has 2 N–H and O–H groups in total. The highest BCUT2D eigenvalue weighted by molar-refractivity contribution is 6.09. The number of hydrazine groups is 1. The minimum atomic E-state index is -4.47. The third kappa shape index (κ3) is 3.39. The number of hydrogen-bond donors (Lipinski definition) is 2. The van der Waals surface area contributed by atoms with Crippen LogP contribution in [0.4, 0.5) is 13.2 Å². The van der Waals surface area contributed by atoms with Gasteiger partial charge in [0.1, 0.15) is 11.4 Å². The molecule has 0 aromatic heterocycles. The van der Waals surface area contributed by atoms with Gasteiger partial charge in [-0.05, 0) is 11.6 Å². The molecule has 0 radical (unpaired) electrons. The fourth-order valence-electron chi connectivity index (χ4n) is 3.49. The first-order valence-corrected chi connectivity index (χ1v) is 8.77. The quantitative estimate of drug-likeness (QED) is 0.761. The first-order valence-electron chi connectivity index (χ1n) is 8.77. The van der Waals surface area contributed by atoms with E-state index in [1.807, 2.05) is 0 Å². The minimum Gasteiger partial charge on any atom is -0.497 e. The number of hydrazone groups is 1. The zero-order valence-electron chi connectivity index (χ0n) is 14.8. The highest BCUT2D eigenvalue weighted by Crippen LogP contribution is 2.32. The Bertz CT molecular complexity index is 947. The Morgan fingerprint density at radius 3 is 2.86 bits per heavy atom. The third-order valence-corrected chi connectivity index (χ3v) is 4.80. The molecule has 0 spiro atoms. The van der Waals surface area contributed by atoms with Gasteiger partial charge in [0, 0.05) is 6.42 Å². The van der Waals surface area contributed by atoms with Crippen LogP contribution in [0.25, 0.3) is 0 Å². The summed E-state index contributed by atoms with van der Waals surface area (Å²) in [5.74, 6) is 0.449. The molecule has 146 valence electrons. The number of nitrogens with zero attached hydrogens (tertiary/aromatic N) is 2. The van der Waals surface area contributed by atoms with Crippen LogP contribution in [0.15, 0.2) is 53.4 Å². The molecule has 1 amide bonds. The van der Waals surface area contributed by atoms with Gasteiger partial charge in [0.25, 0.3) is 5.91 Å². The zero-order chi connectivity index (χ0) is 19.9. The largest absolute Gasteiger partial charge is 0.497 e. The van der Waals surface area contributed by atoms with E-state index in [4.69, 9.17) is 4.74 Å². The van der Waals surface area contributed by atoms with E-state index in [1.54, 1.807) is 10.9 Å². The van der Waals surface area contributed by atoms with E-state index in [0.717, 1.165) is 11.8 Å². The maximum absolute atomic E-state index is 13.3. The average Bonchev–Trinajstić information content (AvgIpc) is 3.06. The lowest BCUT2D eigenvalue weighted by molar-refractivity contribution is -0.594. The predicted octanol–water partition coefficient (Wildman–Crippen LogP) is 2.28. The molecule has 1 atom stereocenters. The molecule has 1 aromatic rings. The monoisotopic (exact) mass is 391 g/mol. The van der Waals surface area contributed by atoms with Crippen LogP contribution >= 0.6 is 0 Å². The predicted molar refractivity (Wildman–Crippen MR) is 95.3 cm³/mol. The summed E-state index contributed by atoms with van der Waals surface area (Å²) in [5, 5.41) is 2.60. The van der Waals surface area contributed by atoms with Gasteiger partial charge < -0.3 is 10.1 Å². The van der Waals surface area contributed by atoms with Crippen molar-refractivity contribution in [3.63, 3.8) is 0 Å². The van der Waals surface area contributed by atoms with Gasteiger partial charge in [0.15, 0.2) is 5.71 Å². The first kappa shape index (κ1) is 18.3. The zero-order valence-corrected chi connectivity index (χ0v) is 14.8. The average molecular weight is 391 g/mol. The van der Waals surface area contributed by atoms with Crippen molar-refractivity contribution < 1.29 is 27.4 Å². The number of alkyl halides is 3. The number of carbonyl (C=O) groups excluding carboxylic acids is 1. The molecule has 1 fully saturated rings. The lowest BCUT2D eigenvalue weighted by atomic mass is 10.0. The van der Waals surface area contributed by atoms with E-state index >= 15 is 0 Å². The number of benzene rings is 1. The van der Waals surface area contributed by atoms with Crippen LogP contribution in [0.3, 0.4) is 0 Å². The van der Waals surface area contributed by atoms with Crippen LogP contribution in [-0.2, 0) is 22.1 Å². The van der Waals surface area contributed by atoms with Crippen LogP contribution in [0, 0.1) is 0 Å². The molecule has 28 heavy (non-hydrogen) atoms. The Kier molecular flexibility index (Phi) is 4.44. The Balaban J connectivity index is 1.66. The van der Waals surface area contributed by atoms with Crippen LogP contribution in [-0.4, -0.2) is 34.9 Å². The van der Waals surface area contributed by atoms with E-state index in [1.165, 1.54) is 18.2 Å². The van der Waals surface area contributed by atoms with Gasteiger partial charge in [-0.15, -0.1) is 0 Å². The third-order valence-electron chi connectivity index (χ3n) is 4.80. The molecule has 0 saturated carbocycles. The van der Waals surface area contributed by atoms with E-state index in [9.17, 15) is 18.0 Å². The van der Waals surface area contributed by atoms with E-state index in [2.05, 4.69) is 22.3 Å². The van der Waals surface area contributed by atoms with Crippen molar-refractivity contribution >= 4 is 17.5 Å². The van der Waals surface area contributed by atoms with E-state index < -0.39 is 17.9 Å². The van der Waals surface area contributed by atoms with Crippen molar-refractivity contribution in [1.29, 1.82) is 0 Å². The number of amides is 1. The first-order chi connectivity index (χ1) is 13.3. The molecule has 1 unspecified atom stereocenters. The summed E-state index contributed by atoms with van der Waals surface area (Å²) in [5.41, 5.74) is 3.73. The molecule has 3 heterocycles. The number of carbonyl (C=O) groups is 1. The summed E-state index contributed by atoms with van der Waals surface area (Å²) in [6.45, 7) is 4.30. The number of fused-ring (bicyclic) bond motifs is 1. The van der Waals surface area contributed by atoms with Crippen LogP contribution in [0.2, 0.25) is 0 Å². The SMILES string of the molecule is C=C1C/C(=[N+]2\NC=C3C(=O)NC(Cc4ccccc4C(F)(F)F)=NC32)CCO1. The van der Waals surface area contributed by atoms with Crippen molar-refractivity contribution in [3.05, 3.63) is 59.5 Å². The molecular weight excluding hydrogens is 373 g/mol. The van der Waals surface area contributed by atoms with Crippen LogP contribution < -0.4 is 10.7 Å². The van der Waals surface area contributed by atoms with Gasteiger partial charge in [-0.1, -0.05) is 29.5 Å². The lowest BCUT2D eigenvalue weighted by Gasteiger charge is -2.21. The van der Waals surface area contributed by atoms with Gasteiger partial charge in [-0.25, -0.2) is 0 Å². The summed E-state index contributed by atoms with van der Waals surface area (Å²) >= 11 is 0. The number of halogens is 3. The highest BCUT2D eigenvalue weighted by Gasteiger charge is 2.42.